The van der Waals surface area contributed by atoms with Gasteiger partial charge in [0.1, 0.15) is 0 Å². The Bertz CT molecular complexity index is 514. The standard InChI is InChI=1S/C12H10N2O/c15-12-8-11(13-9-14-12)7-6-10-4-2-1-3-5-10/h1-9H,(H,13,14,15). The fourth-order valence-corrected chi connectivity index (χ4v) is 1.22. The van der Waals surface area contributed by atoms with Crippen LogP contribution in [0.25, 0.3) is 12.2 Å². The molecule has 0 spiro atoms. The van der Waals surface area contributed by atoms with E-state index in [1.807, 2.05) is 42.5 Å². The van der Waals surface area contributed by atoms with Crippen LogP contribution in [-0.2, 0) is 0 Å². The van der Waals surface area contributed by atoms with E-state index in [2.05, 4.69) is 9.97 Å². The second-order valence-corrected chi connectivity index (χ2v) is 3.08. The van der Waals surface area contributed by atoms with Crippen molar-refractivity contribution in [3.63, 3.8) is 0 Å². The second-order valence-electron chi connectivity index (χ2n) is 3.08. The van der Waals surface area contributed by atoms with E-state index in [4.69, 9.17) is 0 Å². The third-order valence-corrected chi connectivity index (χ3v) is 1.95. The average molecular weight is 198 g/mol. The Morgan fingerprint density at radius 3 is 2.67 bits per heavy atom. The average Bonchev–Trinajstić information content (AvgIpc) is 2.28. The van der Waals surface area contributed by atoms with Gasteiger partial charge in [0.25, 0.3) is 5.56 Å². The number of H-pyrrole nitrogens is 1. The van der Waals surface area contributed by atoms with Crippen molar-refractivity contribution in [2.75, 3.05) is 0 Å². The van der Waals surface area contributed by atoms with Gasteiger partial charge in [0.15, 0.2) is 0 Å². The van der Waals surface area contributed by atoms with Crippen molar-refractivity contribution in [2.24, 2.45) is 0 Å². The normalized spacial score (nSPS) is 10.7. The molecule has 0 radical (unpaired) electrons. The van der Waals surface area contributed by atoms with Crippen molar-refractivity contribution >= 4 is 12.2 Å². The maximum atomic E-state index is 11.0. The monoisotopic (exact) mass is 198 g/mol. The number of hydrogen-bond donors (Lipinski definition) is 1. The third-order valence-electron chi connectivity index (χ3n) is 1.95. The summed E-state index contributed by atoms with van der Waals surface area (Å²) in [5.74, 6) is 0. The lowest BCUT2D eigenvalue weighted by Crippen LogP contribution is -2.04. The van der Waals surface area contributed by atoms with Crippen molar-refractivity contribution in [3.05, 3.63) is 64.3 Å². The summed E-state index contributed by atoms with van der Waals surface area (Å²) in [6, 6.07) is 11.3. The summed E-state index contributed by atoms with van der Waals surface area (Å²) in [4.78, 5) is 17.5. The first-order chi connectivity index (χ1) is 7.34. The minimum Gasteiger partial charge on any atom is -0.313 e. The Morgan fingerprint density at radius 2 is 1.93 bits per heavy atom. The molecule has 0 saturated carbocycles. The smallest absolute Gasteiger partial charge is 0.251 e. The number of hydrogen-bond acceptors (Lipinski definition) is 2. The SMILES string of the molecule is O=c1cc(C=Cc2ccccc2)nc[nH]1. The maximum absolute atomic E-state index is 11.0. The van der Waals surface area contributed by atoms with E-state index >= 15 is 0 Å². The van der Waals surface area contributed by atoms with Crippen LogP contribution in [0.5, 0.6) is 0 Å². The van der Waals surface area contributed by atoms with E-state index in [0.29, 0.717) is 5.69 Å². The molecule has 0 aliphatic rings. The van der Waals surface area contributed by atoms with Crippen LogP contribution in [0.4, 0.5) is 0 Å². The van der Waals surface area contributed by atoms with Crippen LogP contribution >= 0.6 is 0 Å². The summed E-state index contributed by atoms with van der Waals surface area (Å²) in [5.41, 5.74) is 1.60. The Labute approximate surface area is 87.1 Å². The number of rotatable bonds is 2. The summed E-state index contributed by atoms with van der Waals surface area (Å²) in [6.45, 7) is 0. The molecule has 3 heteroatoms. The van der Waals surface area contributed by atoms with Gasteiger partial charge in [-0.1, -0.05) is 36.4 Å². The quantitative estimate of drug-likeness (QED) is 0.801. The van der Waals surface area contributed by atoms with Crippen LogP contribution in [0.3, 0.4) is 0 Å². The predicted molar refractivity (Wildman–Crippen MR) is 60.2 cm³/mol. The van der Waals surface area contributed by atoms with Gasteiger partial charge in [-0.2, -0.15) is 0 Å². The lowest BCUT2D eigenvalue weighted by atomic mass is 10.2. The van der Waals surface area contributed by atoms with E-state index in [9.17, 15) is 4.79 Å². The van der Waals surface area contributed by atoms with Gasteiger partial charge in [-0.15, -0.1) is 0 Å². The minimum absolute atomic E-state index is 0.141. The van der Waals surface area contributed by atoms with E-state index in [1.165, 1.54) is 12.4 Å². The van der Waals surface area contributed by atoms with Gasteiger partial charge in [0, 0.05) is 6.07 Å². The first-order valence-corrected chi connectivity index (χ1v) is 4.62. The molecule has 0 unspecified atom stereocenters. The van der Waals surface area contributed by atoms with Gasteiger partial charge in [-0.3, -0.25) is 4.79 Å². The molecule has 0 amide bonds. The highest BCUT2D eigenvalue weighted by Gasteiger charge is 1.89. The topological polar surface area (TPSA) is 45.8 Å². The largest absolute Gasteiger partial charge is 0.313 e. The molecule has 0 aliphatic carbocycles. The highest BCUT2D eigenvalue weighted by Crippen LogP contribution is 2.03. The van der Waals surface area contributed by atoms with Gasteiger partial charge in [-0.05, 0) is 11.6 Å². The zero-order chi connectivity index (χ0) is 10.5. The molecule has 2 aromatic rings. The molecule has 15 heavy (non-hydrogen) atoms. The summed E-state index contributed by atoms with van der Waals surface area (Å²) < 4.78 is 0. The number of aromatic nitrogens is 2. The Morgan fingerprint density at radius 1 is 1.13 bits per heavy atom. The molecule has 1 aromatic heterocycles. The molecule has 3 nitrogen and oxygen atoms in total. The lowest BCUT2D eigenvalue weighted by molar-refractivity contribution is 1.10. The first-order valence-electron chi connectivity index (χ1n) is 4.62. The number of nitrogens with one attached hydrogen (secondary N) is 1. The molecule has 0 fully saturated rings. The first kappa shape index (κ1) is 9.40. The minimum atomic E-state index is -0.141. The van der Waals surface area contributed by atoms with E-state index < -0.39 is 0 Å². The van der Waals surface area contributed by atoms with Gasteiger partial charge in [0.2, 0.25) is 0 Å². The lowest BCUT2D eigenvalue weighted by Gasteiger charge is -1.92. The Kier molecular flexibility index (Phi) is 2.74. The van der Waals surface area contributed by atoms with Gasteiger partial charge in [-0.25, -0.2) is 4.98 Å². The Balaban J connectivity index is 2.23. The third kappa shape index (κ3) is 2.64. The van der Waals surface area contributed by atoms with E-state index in [-0.39, 0.29) is 5.56 Å². The maximum Gasteiger partial charge on any atom is 0.251 e. The molecular formula is C12H10N2O. The van der Waals surface area contributed by atoms with Crippen LogP contribution in [-0.4, -0.2) is 9.97 Å². The molecular weight excluding hydrogens is 188 g/mol. The second kappa shape index (κ2) is 4.37. The fraction of sp³-hybridized carbons (Fsp3) is 0. The molecule has 0 aliphatic heterocycles. The molecule has 0 saturated heterocycles. The van der Waals surface area contributed by atoms with Crippen molar-refractivity contribution in [1.82, 2.24) is 9.97 Å². The highest BCUT2D eigenvalue weighted by atomic mass is 16.1. The molecule has 0 bridgehead atoms. The number of benzene rings is 1. The van der Waals surface area contributed by atoms with Gasteiger partial charge >= 0.3 is 0 Å². The summed E-state index contributed by atoms with van der Waals surface area (Å²) in [6.07, 6.45) is 5.12. The molecule has 1 aromatic carbocycles. The van der Waals surface area contributed by atoms with Crippen molar-refractivity contribution in [1.29, 1.82) is 0 Å². The zero-order valence-electron chi connectivity index (χ0n) is 8.05. The molecule has 2 rings (SSSR count). The molecule has 74 valence electrons. The van der Waals surface area contributed by atoms with Gasteiger partial charge < -0.3 is 4.98 Å². The van der Waals surface area contributed by atoms with Crippen LogP contribution in [0.2, 0.25) is 0 Å². The van der Waals surface area contributed by atoms with E-state index in [1.54, 1.807) is 0 Å². The van der Waals surface area contributed by atoms with Gasteiger partial charge in [0.05, 0.1) is 12.0 Å². The Hall–Kier alpha value is -2.16. The molecule has 1 heterocycles. The van der Waals surface area contributed by atoms with Crippen LogP contribution < -0.4 is 5.56 Å². The van der Waals surface area contributed by atoms with Crippen molar-refractivity contribution < 1.29 is 0 Å². The summed E-state index contributed by atoms with van der Waals surface area (Å²) in [5, 5.41) is 0. The van der Waals surface area contributed by atoms with Crippen LogP contribution in [0.1, 0.15) is 11.3 Å². The fourth-order valence-electron chi connectivity index (χ4n) is 1.22. The summed E-state index contributed by atoms with van der Waals surface area (Å²) >= 11 is 0. The highest BCUT2D eigenvalue weighted by molar-refractivity contribution is 5.67. The number of nitrogens with zero attached hydrogens (tertiary/aromatic N) is 1. The van der Waals surface area contributed by atoms with Crippen LogP contribution in [0, 0.1) is 0 Å². The molecule has 1 N–H and O–H groups in total. The van der Waals surface area contributed by atoms with Crippen molar-refractivity contribution in [3.8, 4) is 0 Å². The number of aromatic amines is 1. The zero-order valence-corrected chi connectivity index (χ0v) is 8.05. The van der Waals surface area contributed by atoms with Crippen molar-refractivity contribution in [2.45, 2.75) is 0 Å². The summed E-state index contributed by atoms with van der Waals surface area (Å²) in [7, 11) is 0. The van der Waals surface area contributed by atoms with Crippen LogP contribution in [0.15, 0.2) is 47.5 Å². The molecule has 0 atom stereocenters. The van der Waals surface area contributed by atoms with E-state index in [0.717, 1.165) is 5.56 Å². The predicted octanol–water partition coefficient (Wildman–Crippen LogP) is 1.94.